The largest absolute Gasteiger partial charge is 0.493 e. The summed E-state index contributed by atoms with van der Waals surface area (Å²) in [6, 6.07) is 9.83. The molecule has 0 saturated carbocycles. The highest BCUT2D eigenvalue weighted by Crippen LogP contribution is 2.34. The van der Waals surface area contributed by atoms with Gasteiger partial charge in [-0.05, 0) is 36.2 Å². The Morgan fingerprint density at radius 1 is 1.03 bits per heavy atom. The van der Waals surface area contributed by atoms with Crippen molar-refractivity contribution in [2.24, 2.45) is 5.92 Å². The van der Waals surface area contributed by atoms with E-state index in [1.54, 1.807) is 29.2 Å². The Hall–Kier alpha value is -3.56. The summed E-state index contributed by atoms with van der Waals surface area (Å²) < 4.78 is 45.2. The van der Waals surface area contributed by atoms with Gasteiger partial charge in [0.15, 0.2) is 23.0 Å². The normalized spacial score (nSPS) is 15.5. The van der Waals surface area contributed by atoms with Crippen LogP contribution in [-0.4, -0.2) is 52.8 Å². The van der Waals surface area contributed by atoms with Crippen LogP contribution in [0.2, 0.25) is 0 Å². The maximum atomic E-state index is 12.6. The minimum atomic E-state index is -2.97. The van der Waals surface area contributed by atoms with Crippen molar-refractivity contribution in [3.05, 3.63) is 42.0 Å². The Labute approximate surface area is 190 Å². The van der Waals surface area contributed by atoms with Crippen molar-refractivity contribution in [3.63, 3.8) is 0 Å². The maximum absolute atomic E-state index is 12.6. The first kappa shape index (κ1) is 24.1. The number of hydrogen-bond acceptors (Lipinski definition) is 6. The third kappa shape index (κ3) is 5.82. The van der Waals surface area contributed by atoms with Crippen LogP contribution < -0.4 is 29.2 Å². The molecule has 0 spiro atoms. The summed E-state index contributed by atoms with van der Waals surface area (Å²) in [7, 11) is 4.40. The summed E-state index contributed by atoms with van der Waals surface area (Å²) in [5.74, 6) is 0.258. The van der Waals surface area contributed by atoms with Crippen molar-refractivity contribution in [3.8, 4) is 23.0 Å². The van der Waals surface area contributed by atoms with Crippen molar-refractivity contribution in [1.29, 1.82) is 0 Å². The number of amides is 2. The lowest BCUT2D eigenvalue weighted by molar-refractivity contribution is -0.126. The van der Waals surface area contributed by atoms with Gasteiger partial charge in [-0.2, -0.15) is 8.78 Å². The van der Waals surface area contributed by atoms with Crippen LogP contribution in [0.3, 0.4) is 0 Å². The summed E-state index contributed by atoms with van der Waals surface area (Å²) in [5.41, 5.74) is 1.32. The number of nitrogens with one attached hydrogen (secondary N) is 1. The maximum Gasteiger partial charge on any atom is 0.387 e. The summed E-state index contributed by atoms with van der Waals surface area (Å²) in [6.07, 6.45) is 0.491. The summed E-state index contributed by atoms with van der Waals surface area (Å²) in [5, 5.41) is 2.81. The fourth-order valence-corrected chi connectivity index (χ4v) is 3.66. The molecule has 178 valence electrons. The molecule has 2 aromatic carbocycles. The number of methoxy groups -OCH3 is 3. The monoisotopic (exact) mass is 464 g/mol. The van der Waals surface area contributed by atoms with E-state index in [0.29, 0.717) is 29.2 Å². The minimum Gasteiger partial charge on any atom is -0.493 e. The van der Waals surface area contributed by atoms with Gasteiger partial charge in [-0.25, -0.2) is 0 Å². The molecule has 0 aliphatic carbocycles. The first-order chi connectivity index (χ1) is 15.9. The van der Waals surface area contributed by atoms with Crippen LogP contribution >= 0.6 is 0 Å². The molecule has 1 N–H and O–H groups in total. The zero-order chi connectivity index (χ0) is 24.0. The lowest BCUT2D eigenvalue weighted by Crippen LogP contribution is -2.34. The molecule has 1 aliphatic rings. The molecular weight excluding hydrogens is 438 g/mol. The zero-order valence-electron chi connectivity index (χ0n) is 18.6. The number of anilines is 1. The molecule has 1 unspecified atom stereocenters. The zero-order valence-corrected chi connectivity index (χ0v) is 18.6. The lowest BCUT2D eigenvalue weighted by atomic mass is 10.1. The fraction of sp³-hybridized carbons (Fsp3) is 0.391. The van der Waals surface area contributed by atoms with E-state index in [9.17, 15) is 18.4 Å². The molecule has 8 nitrogen and oxygen atoms in total. The van der Waals surface area contributed by atoms with Crippen LogP contribution in [0.15, 0.2) is 36.4 Å². The second-order valence-electron chi connectivity index (χ2n) is 7.35. The third-order valence-corrected chi connectivity index (χ3v) is 5.33. The van der Waals surface area contributed by atoms with Crippen LogP contribution in [0.5, 0.6) is 23.0 Å². The van der Waals surface area contributed by atoms with Crippen LogP contribution in [0.1, 0.15) is 12.0 Å². The van der Waals surface area contributed by atoms with Crippen LogP contribution in [-0.2, 0) is 16.0 Å². The molecule has 0 bridgehead atoms. The molecular formula is C23H26F2N2O6. The number of carbonyl (C=O) groups excluding carboxylic acids is 2. The molecule has 1 saturated heterocycles. The molecule has 0 aromatic heterocycles. The standard InChI is InChI=1S/C23H26F2N2O6/c1-30-17-7-5-16(12-19(17)32-3)27-13-15(11-21(27)28)22(29)26-9-8-14-4-6-18(31-2)20(10-14)33-23(24)25/h4-7,10,12,15,23H,8-9,11,13H2,1-3H3,(H,26,29). The van der Waals surface area contributed by atoms with Crippen molar-refractivity contribution < 1.29 is 37.3 Å². The van der Waals surface area contributed by atoms with E-state index in [1.807, 2.05) is 0 Å². The van der Waals surface area contributed by atoms with Crippen molar-refractivity contribution >= 4 is 17.5 Å². The molecule has 1 atom stereocenters. The van der Waals surface area contributed by atoms with Gasteiger partial charge >= 0.3 is 6.61 Å². The summed E-state index contributed by atoms with van der Waals surface area (Å²) in [4.78, 5) is 26.7. The van der Waals surface area contributed by atoms with E-state index in [0.717, 1.165) is 0 Å². The predicted octanol–water partition coefficient (Wildman–Crippen LogP) is 3.03. The van der Waals surface area contributed by atoms with Gasteiger partial charge in [-0.1, -0.05) is 6.07 Å². The molecule has 1 heterocycles. The van der Waals surface area contributed by atoms with Crippen molar-refractivity contribution in [2.45, 2.75) is 19.5 Å². The summed E-state index contributed by atoms with van der Waals surface area (Å²) in [6.45, 7) is -2.45. The van der Waals surface area contributed by atoms with Crippen LogP contribution in [0, 0.1) is 5.92 Å². The number of carbonyl (C=O) groups is 2. The molecule has 1 fully saturated rings. The highest BCUT2D eigenvalue weighted by atomic mass is 19.3. The molecule has 0 radical (unpaired) electrons. The first-order valence-electron chi connectivity index (χ1n) is 10.3. The van der Waals surface area contributed by atoms with Gasteiger partial charge in [0, 0.05) is 31.3 Å². The van der Waals surface area contributed by atoms with Gasteiger partial charge in [-0.15, -0.1) is 0 Å². The van der Waals surface area contributed by atoms with E-state index in [2.05, 4.69) is 10.1 Å². The van der Waals surface area contributed by atoms with E-state index in [4.69, 9.17) is 14.2 Å². The van der Waals surface area contributed by atoms with Crippen molar-refractivity contribution in [1.82, 2.24) is 5.32 Å². The van der Waals surface area contributed by atoms with Gasteiger partial charge in [0.05, 0.1) is 27.2 Å². The highest BCUT2D eigenvalue weighted by Gasteiger charge is 2.35. The van der Waals surface area contributed by atoms with Crippen LogP contribution in [0.4, 0.5) is 14.5 Å². The second kappa shape index (κ2) is 10.8. The Bertz CT molecular complexity index is 1000. The number of ether oxygens (including phenoxy) is 4. The molecule has 2 aromatic rings. The van der Waals surface area contributed by atoms with E-state index in [1.165, 1.54) is 33.5 Å². The van der Waals surface area contributed by atoms with E-state index in [-0.39, 0.29) is 42.8 Å². The molecule has 10 heteroatoms. The predicted molar refractivity (Wildman–Crippen MR) is 116 cm³/mol. The smallest absolute Gasteiger partial charge is 0.387 e. The molecule has 1 aliphatic heterocycles. The van der Waals surface area contributed by atoms with Gasteiger partial charge in [0.25, 0.3) is 0 Å². The SMILES string of the molecule is COc1ccc(N2CC(C(=O)NCCc3ccc(OC)c(OC(F)F)c3)CC2=O)cc1OC. The van der Waals surface area contributed by atoms with E-state index >= 15 is 0 Å². The number of alkyl halides is 2. The number of benzene rings is 2. The fourth-order valence-electron chi connectivity index (χ4n) is 3.66. The molecule has 2 amide bonds. The van der Waals surface area contributed by atoms with Gasteiger partial charge in [0.2, 0.25) is 11.8 Å². The lowest BCUT2D eigenvalue weighted by Gasteiger charge is -2.18. The Morgan fingerprint density at radius 3 is 2.36 bits per heavy atom. The minimum absolute atomic E-state index is 0.0664. The number of rotatable bonds is 10. The number of halogens is 2. The Balaban J connectivity index is 1.57. The average Bonchev–Trinajstić information content (AvgIpc) is 3.20. The Kier molecular flexibility index (Phi) is 7.92. The molecule has 3 rings (SSSR count). The first-order valence-corrected chi connectivity index (χ1v) is 10.3. The highest BCUT2D eigenvalue weighted by molar-refractivity contribution is 6.00. The van der Waals surface area contributed by atoms with Gasteiger partial charge < -0.3 is 29.2 Å². The molecule has 33 heavy (non-hydrogen) atoms. The average molecular weight is 464 g/mol. The van der Waals surface area contributed by atoms with Crippen molar-refractivity contribution in [2.75, 3.05) is 39.3 Å². The quantitative estimate of drug-likeness (QED) is 0.582. The second-order valence-corrected chi connectivity index (χ2v) is 7.35. The number of nitrogens with zero attached hydrogens (tertiary/aromatic N) is 1. The van der Waals surface area contributed by atoms with Crippen LogP contribution in [0.25, 0.3) is 0 Å². The summed E-state index contributed by atoms with van der Waals surface area (Å²) >= 11 is 0. The third-order valence-electron chi connectivity index (χ3n) is 5.33. The number of hydrogen-bond donors (Lipinski definition) is 1. The van der Waals surface area contributed by atoms with Gasteiger partial charge in [-0.3, -0.25) is 9.59 Å². The Morgan fingerprint density at radius 2 is 1.70 bits per heavy atom. The van der Waals surface area contributed by atoms with E-state index < -0.39 is 12.5 Å². The topological polar surface area (TPSA) is 86.3 Å². The van der Waals surface area contributed by atoms with Gasteiger partial charge in [0.1, 0.15) is 0 Å².